The molecule has 0 saturated carbocycles. The van der Waals surface area contributed by atoms with Gasteiger partial charge in [-0.25, -0.2) is 8.42 Å². The largest absolute Gasteiger partial charge is 0.322 e. The standard InChI is InChI=1S/C19H21IN2O3S/c1-14-5-6-15(19(23)21-17-9-7-16(20)8-10-17)13-18(14)26(24,25)22-11-3-2-4-12-22/h5-10,13H,2-4,11-12H2,1H3,(H,21,23). The van der Waals surface area contributed by atoms with E-state index >= 15 is 0 Å². The molecule has 1 saturated heterocycles. The third kappa shape index (κ3) is 4.27. The molecule has 0 aliphatic carbocycles. The minimum absolute atomic E-state index is 0.217. The molecule has 1 amide bonds. The Balaban J connectivity index is 1.87. The third-order valence-corrected chi connectivity index (χ3v) is 7.25. The van der Waals surface area contributed by atoms with Crippen molar-refractivity contribution >= 4 is 44.2 Å². The number of nitrogens with one attached hydrogen (secondary N) is 1. The summed E-state index contributed by atoms with van der Waals surface area (Å²) in [5.74, 6) is -0.318. The Morgan fingerprint density at radius 2 is 1.69 bits per heavy atom. The average Bonchev–Trinajstić information content (AvgIpc) is 2.64. The van der Waals surface area contributed by atoms with Gasteiger partial charge < -0.3 is 5.32 Å². The van der Waals surface area contributed by atoms with Crippen LogP contribution in [0.2, 0.25) is 0 Å². The van der Waals surface area contributed by atoms with Crippen molar-refractivity contribution in [3.63, 3.8) is 0 Å². The van der Waals surface area contributed by atoms with Crippen molar-refractivity contribution in [1.82, 2.24) is 4.31 Å². The molecule has 7 heteroatoms. The minimum atomic E-state index is -3.57. The van der Waals surface area contributed by atoms with Gasteiger partial charge in [-0.15, -0.1) is 0 Å². The number of amides is 1. The van der Waals surface area contributed by atoms with Gasteiger partial charge >= 0.3 is 0 Å². The Hall–Kier alpha value is -1.45. The molecule has 1 aliphatic heterocycles. The minimum Gasteiger partial charge on any atom is -0.322 e. The van der Waals surface area contributed by atoms with Crippen molar-refractivity contribution in [3.8, 4) is 0 Å². The molecule has 0 atom stereocenters. The van der Waals surface area contributed by atoms with E-state index in [0.717, 1.165) is 22.8 Å². The van der Waals surface area contributed by atoms with Crippen molar-refractivity contribution in [2.75, 3.05) is 18.4 Å². The number of hydrogen-bond acceptors (Lipinski definition) is 3. The second-order valence-corrected chi connectivity index (χ2v) is 9.56. The van der Waals surface area contributed by atoms with Gasteiger partial charge in [0, 0.05) is 27.9 Å². The first-order valence-electron chi connectivity index (χ1n) is 8.55. The fourth-order valence-corrected chi connectivity index (χ4v) is 5.13. The highest BCUT2D eigenvalue weighted by Gasteiger charge is 2.28. The van der Waals surface area contributed by atoms with Crippen LogP contribution in [0.15, 0.2) is 47.4 Å². The van der Waals surface area contributed by atoms with Crippen molar-refractivity contribution < 1.29 is 13.2 Å². The molecule has 0 unspecified atom stereocenters. The number of carbonyl (C=O) groups excluding carboxylic acids is 1. The lowest BCUT2D eigenvalue weighted by molar-refractivity contribution is 0.102. The number of halogens is 1. The molecule has 0 aromatic heterocycles. The van der Waals surface area contributed by atoms with Gasteiger partial charge in [0.25, 0.3) is 5.91 Å². The van der Waals surface area contributed by atoms with E-state index in [4.69, 9.17) is 0 Å². The van der Waals surface area contributed by atoms with Gasteiger partial charge in [0.15, 0.2) is 0 Å². The number of sulfonamides is 1. The van der Waals surface area contributed by atoms with Crippen LogP contribution in [0, 0.1) is 10.5 Å². The molecule has 138 valence electrons. The number of aryl methyl sites for hydroxylation is 1. The van der Waals surface area contributed by atoms with Crippen LogP contribution in [0.1, 0.15) is 35.2 Å². The van der Waals surface area contributed by atoms with Crippen LogP contribution in [0.5, 0.6) is 0 Å². The first kappa shape index (κ1) is 19.3. The molecule has 3 rings (SSSR count). The second kappa shape index (κ2) is 8.06. The Morgan fingerprint density at radius 3 is 2.35 bits per heavy atom. The number of nitrogens with zero attached hydrogens (tertiary/aromatic N) is 1. The molecular weight excluding hydrogens is 463 g/mol. The summed E-state index contributed by atoms with van der Waals surface area (Å²) in [5.41, 5.74) is 1.67. The van der Waals surface area contributed by atoms with Gasteiger partial charge in [-0.3, -0.25) is 4.79 Å². The van der Waals surface area contributed by atoms with Crippen LogP contribution in [-0.4, -0.2) is 31.7 Å². The second-order valence-electron chi connectivity index (χ2n) is 6.41. The molecule has 2 aromatic carbocycles. The Kier molecular flexibility index (Phi) is 5.99. The summed E-state index contributed by atoms with van der Waals surface area (Å²) >= 11 is 2.20. The maximum absolute atomic E-state index is 13.0. The highest BCUT2D eigenvalue weighted by atomic mass is 127. The number of hydrogen-bond donors (Lipinski definition) is 1. The van der Waals surface area contributed by atoms with E-state index in [2.05, 4.69) is 27.9 Å². The van der Waals surface area contributed by atoms with Crippen LogP contribution >= 0.6 is 22.6 Å². The zero-order valence-corrected chi connectivity index (χ0v) is 17.5. The van der Waals surface area contributed by atoms with E-state index in [9.17, 15) is 13.2 Å². The molecule has 5 nitrogen and oxygen atoms in total. The topological polar surface area (TPSA) is 66.5 Å². The third-order valence-electron chi connectivity index (χ3n) is 4.49. The number of anilines is 1. The lowest BCUT2D eigenvalue weighted by Gasteiger charge is -2.26. The predicted molar refractivity (Wildman–Crippen MR) is 111 cm³/mol. The maximum atomic E-state index is 13.0. The Labute approximate surface area is 168 Å². The van der Waals surface area contributed by atoms with Gasteiger partial charge in [0.05, 0.1) is 4.90 Å². The first-order chi connectivity index (χ1) is 12.4. The molecule has 26 heavy (non-hydrogen) atoms. The van der Waals surface area contributed by atoms with E-state index in [0.29, 0.717) is 29.9 Å². The van der Waals surface area contributed by atoms with E-state index in [1.54, 1.807) is 19.1 Å². The SMILES string of the molecule is Cc1ccc(C(=O)Nc2ccc(I)cc2)cc1S(=O)(=O)N1CCCCC1. The van der Waals surface area contributed by atoms with Crippen molar-refractivity contribution in [1.29, 1.82) is 0 Å². The van der Waals surface area contributed by atoms with Gasteiger partial charge in [-0.1, -0.05) is 12.5 Å². The Morgan fingerprint density at radius 1 is 1.04 bits per heavy atom. The summed E-state index contributed by atoms with van der Waals surface area (Å²) < 4.78 is 28.5. The first-order valence-corrected chi connectivity index (χ1v) is 11.1. The molecule has 2 aromatic rings. The zero-order valence-electron chi connectivity index (χ0n) is 14.5. The summed E-state index contributed by atoms with van der Waals surface area (Å²) in [4.78, 5) is 12.8. The maximum Gasteiger partial charge on any atom is 0.255 e. The summed E-state index contributed by atoms with van der Waals surface area (Å²) in [6, 6.07) is 12.3. The molecule has 1 N–H and O–H groups in total. The highest BCUT2D eigenvalue weighted by molar-refractivity contribution is 14.1. The van der Waals surface area contributed by atoms with E-state index in [-0.39, 0.29) is 10.8 Å². The molecule has 1 fully saturated rings. The lowest BCUT2D eigenvalue weighted by Crippen LogP contribution is -2.36. The quantitative estimate of drug-likeness (QED) is 0.667. The monoisotopic (exact) mass is 484 g/mol. The average molecular weight is 484 g/mol. The Bertz CT molecular complexity index is 905. The normalized spacial score (nSPS) is 15.6. The molecule has 0 radical (unpaired) electrons. The fourth-order valence-electron chi connectivity index (χ4n) is 3.00. The smallest absolute Gasteiger partial charge is 0.255 e. The van der Waals surface area contributed by atoms with Crippen LogP contribution < -0.4 is 5.32 Å². The van der Waals surface area contributed by atoms with Crippen LogP contribution in [-0.2, 0) is 10.0 Å². The molecule has 0 bridgehead atoms. The molecule has 1 aliphatic rings. The van der Waals surface area contributed by atoms with E-state index < -0.39 is 10.0 Å². The molecule has 1 heterocycles. The van der Waals surface area contributed by atoms with Gasteiger partial charge in [-0.2, -0.15) is 4.31 Å². The van der Waals surface area contributed by atoms with Crippen molar-refractivity contribution in [3.05, 3.63) is 57.2 Å². The van der Waals surface area contributed by atoms with Crippen LogP contribution in [0.25, 0.3) is 0 Å². The predicted octanol–water partition coefficient (Wildman–Crippen LogP) is 4.03. The number of carbonyl (C=O) groups is 1. The van der Waals surface area contributed by atoms with Crippen molar-refractivity contribution in [2.24, 2.45) is 0 Å². The van der Waals surface area contributed by atoms with Crippen LogP contribution in [0.3, 0.4) is 0 Å². The number of piperidine rings is 1. The summed E-state index contributed by atoms with van der Waals surface area (Å²) in [6.45, 7) is 2.85. The van der Waals surface area contributed by atoms with Crippen molar-refractivity contribution in [2.45, 2.75) is 31.1 Å². The van der Waals surface area contributed by atoms with E-state index in [1.807, 2.05) is 24.3 Å². The van der Waals surface area contributed by atoms with E-state index in [1.165, 1.54) is 10.4 Å². The lowest BCUT2D eigenvalue weighted by atomic mass is 10.1. The van der Waals surface area contributed by atoms with Gasteiger partial charge in [0.1, 0.15) is 0 Å². The zero-order chi connectivity index (χ0) is 18.7. The summed E-state index contributed by atoms with van der Waals surface area (Å²) in [7, 11) is -3.57. The van der Waals surface area contributed by atoms with Gasteiger partial charge in [-0.05, 0) is 84.3 Å². The summed E-state index contributed by atoms with van der Waals surface area (Å²) in [6.07, 6.45) is 2.82. The molecular formula is C19H21IN2O3S. The summed E-state index contributed by atoms with van der Waals surface area (Å²) in [5, 5.41) is 2.81. The van der Waals surface area contributed by atoms with Crippen LogP contribution in [0.4, 0.5) is 5.69 Å². The highest BCUT2D eigenvalue weighted by Crippen LogP contribution is 2.25. The fraction of sp³-hybridized carbons (Fsp3) is 0.316. The number of rotatable bonds is 4. The van der Waals surface area contributed by atoms with Gasteiger partial charge in [0.2, 0.25) is 10.0 Å². The number of benzene rings is 2. The molecule has 0 spiro atoms.